The molecule has 1 aromatic heterocycles. The molecule has 100 valence electrons. The van der Waals surface area contributed by atoms with Gasteiger partial charge in [0.05, 0.1) is 5.69 Å². The zero-order chi connectivity index (χ0) is 13.2. The van der Waals surface area contributed by atoms with Crippen LogP contribution >= 0.6 is 0 Å². The van der Waals surface area contributed by atoms with E-state index in [2.05, 4.69) is 53.3 Å². The van der Waals surface area contributed by atoms with Crippen LogP contribution in [0.25, 0.3) is 0 Å². The van der Waals surface area contributed by atoms with Crippen LogP contribution in [0.1, 0.15) is 39.3 Å². The van der Waals surface area contributed by atoms with Gasteiger partial charge in [-0.3, -0.25) is 0 Å². The quantitative estimate of drug-likeness (QED) is 0.868. The Labute approximate surface area is 110 Å². The zero-order valence-electron chi connectivity index (χ0n) is 11.9. The van der Waals surface area contributed by atoms with E-state index in [0.29, 0.717) is 6.04 Å². The van der Waals surface area contributed by atoms with Crippen molar-refractivity contribution in [2.24, 2.45) is 0 Å². The minimum atomic E-state index is 0.0741. The van der Waals surface area contributed by atoms with E-state index in [-0.39, 0.29) is 5.41 Å². The van der Waals surface area contributed by atoms with Crippen LogP contribution in [-0.2, 0) is 5.41 Å². The van der Waals surface area contributed by atoms with E-state index in [9.17, 15) is 0 Å². The first-order valence-electron chi connectivity index (χ1n) is 6.77. The van der Waals surface area contributed by atoms with E-state index in [4.69, 9.17) is 0 Å². The van der Waals surface area contributed by atoms with Crippen molar-refractivity contribution in [3.63, 3.8) is 0 Å². The third-order valence-corrected chi connectivity index (χ3v) is 3.65. The van der Waals surface area contributed by atoms with Gasteiger partial charge < -0.3 is 10.2 Å². The van der Waals surface area contributed by atoms with Crippen molar-refractivity contribution in [2.45, 2.75) is 45.1 Å². The van der Waals surface area contributed by atoms with E-state index in [1.165, 1.54) is 12.8 Å². The number of hydrogen-bond acceptors (Lipinski definition) is 4. The maximum atomic E-state index is 4.38. The van der Waals surface area contributed by atoms with Crippen molar-refractivity contribution < 1.29 is 0 Å². The van der Waals surface area contributed by atoms with Gasteiger partial charge >= 0.3 is 0 Å². The molecule has 2 rings (SSSR count). The molecule has 1 N–H and O–H groups in total. The summed E-state index contributed by atoms with van der Waals surface area (Å²) in [4.78, 5) is 2.33. The highest BCUT2D eigenvalue weighted by Crippen LogP contribution is 2.22. The van der Waals surface area contributed by atoms with Crippen LogP contribution in [0.15, 0.2) is 12.1 Å². The Morgan fingerprint density at radius 1 is 1.17 bits per heavy atom. The molecule has 1 aliphatic heterocycles. The topological polar surface area (TPSA) is 41.0 Å². The Balaban J connectivity index is 2.02. The summed E-state index contributed by atoms with van der Waals surface area (Å²) in [5.41, 5.74) is 1.13. The highest BCUT2D eigenvalue weighted by molar-refractivity contribution is 5.38. The molecule has 2 heterocycles. The molecule has 0 saturated carbocycles. The van der Waals surface area contributed by atoms with E-state index in [1.807, 2.05) is 7.05 Å². The molecule has 0 atom stereocenters. The van der Waals surface area contributed by atoms with Gasteiger partial charge in [0.15, 0.2) is 5.82 Å². The maximum Gasteiger partial charge on any atom is 0.151 e. The van der Waals surface area contributed by atoms with Gasteiger partial charge in [0, 0.05) is 24.5 Å². The third-order valence-electron chi connectivity index (χ3n) is 3.65. The lowest BCUT2D eigenvalue weighted by atomic mass is 9.92. The second-order valence-corrected chi connectivity index (χ2v) is 6.08. The monoisotopic (exact) mass is 248 g/mol. The lowest BCUT2D eigenvalue weighted by Gasteiger charge is -2.32. The predicted octanol–water partition coefficient (Wildman–Crippen LogP) is 1.96. The number of anilines is 1. The Bertz CT molecular complexity index is 372. The molecule has 1 aliphatic rings. The van der Waals surface area contributed by atoms with Gasteiger partial charge in [-0.2, -0.15) is 5.10 Å². The predicted molar refractivity (Wildman–Crippen MR) is 75.0 cm³/mol. The fourth-order valence-corrected chi connectivity index (χ4v) is 2.29. The summed E-state index contributed by atoms with van der Waals surface area (Å²) in [6, 6.07) is 4.86. The Kier molecular flexibility index (Phi) is 3.85. The van der Waals surface area contributed by atoms with Gasteiger partial charge in [-0.15, -0.1) is 5.10 Å². The molecule has 0 unspecified atom stereocenters. The summed E-state index contributed by atoms with van der Waals surface area (Å²) in [5, 5.41) is 12.1. The highest BCUT2D eigenvalue weighted by Gasteiger charge is 2.20. The van der Waals surface area contributed by atoms with Gasteiger partial charge in [0.2, 0.25) is 0 Å². The number of rotatable bonds is 2. The normalized spacial score (nSPS) is 18.1. The summed E-state index contributed by atoms with van der Waals surface area (Å²) in [7, 11) is 2.04. The fraction of sp³-hybridized carbons (Fsp3) is 0.714. The molecule has 0 amide bonds. The molecule has 0 aromatic carbocycles. The van der Waals surface area contributed by atoms with Gasteiger partial charge in [-0.25, -0.2) is 0 Å². The SMILES string of the molecule is CNC1CCN(c2ccc(C(C)(C)C)nn2)CC1. The molecule has 4 nitrogen and oxygen atoms in total. The fourth-order valence-electron chi connectivity index (χ4n) is 2.29. The maximum absolute atomic E-state index is 4.38. The lowest BCUT2D eigenvalue weighted by molar-refractivity contribution is 0.439. The molecule has 4 heteroatoms. The van der Waals surface area contributed by atoms with Crippen LogP contribution in [0.2, 0.25) is 0 Å². The average molecular weight is 248 g/mol. The van der Waals surface area contributed by atoms with Crippen molar-refractivity contribution >= 4 is 5.82 Å². The van der Waals surface area contributed by atoms with E-state index >= 15 is 0 Å². The number of hydrogen-bond donors (Lipinski definition) is 1. The first kappa shape index (κ1) is 13.3. The second-order valence-electron chi connectivity index (χ2n) is 6.08. The molecular formula is C14H24N4. The minimum absolute atomic E-state index is 0.0741. The van der Waals surface area contributed by atoms with E-state index in [1.54, 1.807) is 0 Å². The third kappa shape index (κ3) is 2.99. The number of nitrogens with one attached hydrogen (secondary N) is 1. The standard InChI is InChI=1S/C14H24N4/c1-14(2,3)12-5-6-13(17-16-12)18-9-7-11(15-4)8-10-18/h5-6,11,15H,7-10H2,1-4H3. The summed E-state index contributed by atoms with van der Waals surface area (Å²) >= 11 is 0. The second kappa shape index (κ2) is 5.22. The van der Waals surface area contributed by atoms with Crippen LogP contribution in [0.5, 0.6) is 0 Å². The summed E-state index contributed by atoms with van der Waals surface area (Å²) < 4.78 is 0. The molecule has 1 fully saturated rings. The molecule has 18 heavy (non-hydrogen) atoms. The molecule has 1 saturated heterocycles. The first-order valence-corrected chi connectivity index (χ1v) is 6.77. The number of nitrogens with zero attached hydrogens (tertiary/aromatic N) is 3. The van der Waals surface area contributed by atoms with Crippen molar-refractivity contribution in [1.29, 1.82) is 0 Å². The largest absolute Gasteiger partial charge is 0.355 e. The molecule has 0 aliphatic carbocycles. The molecule has 0 radical (unpaired) electrons. The minimum Gasteiger partial charge on any atom is -0.355 e. The molecule has 1 aromatic rings. The van der Waals surface area contributed by atoms with Crippen molar-refractivity contribution in [3.8, 4) is 0 Å². The van der Waals surface area contributed by atoms with E-state index in [0.717, 1.165) is 24.6 Å². The van der Waals surface area contributed by atoms with Crippen LogP contribution in [0.4, 0.5) is 5.82 Å². The van der Waals surface area contributed by atoms with Crippen LogP contribution < -0.4 is 10.2 Å². The lowest BCUT2D eigenvalue weighted by Crippen LogP contribution is -2.41. The average Bonchev–Trinajstić information content (AvgIpc) is 2.38. The molecule has 0 bridgehead atoms. The highest BCUT2D eigenvalue weighted by atomic mass is 15.3. The number of aromatic nitrogens is 2. The van der Waals surface area contributed by atoms with Gasteiger partial charge in [0.25, 0.3) is 0 Å². The Morgan fingerprint density at radius 2 is 1.83 bits per heavy atom. The number of piperidine rings is 1. The summed E-state index contributed by atoms with van der Waals surface area (Å²) in [6.45, 7) is 8.61. The first-order chi connectivity index (χ1) is 8.50. The molecular weight excluding hydrogens is 224 g/mol. The Hall–Kier alpha value is -1.16. The van der Waals surface area contributed by atoms with E-state index < -0.39 is 0 Å². The van der Waals surface area contributed by atoms with Crippen molar-refractivity contribution in [2.75, 3.05) is 25.0 Å². The molecule has 0 spiro atoms. The zero-order valence-corrected chi connectivity index (χ0v) is 11.9. The van der Waals surface area contributed by atoms with Gasteiger partial charge in [0.1, 0.15) is 0 Å². The smallest absolute Gasteiger partial charge is 0.151 e. The van der Waals surface area contributed by atoms with Crippen LogP contribution in [0, 0.1) is 0 Å². The van der Waals surface area contributed by atoms with Crippen LogP contribution in [-0.4, -0.2) is 36.4 Å². The van der Waals surface area contributed by atoms with Crippen molar-refractivity contribution in [3.05, 3.63) is 17.8 Å². The summed E-state index contributed by atoms with van der Waals surface area (Å²) in [6.07, 6.45) is 2.36. The summed E-state index contributed by atoms with van der Waals surface area (Å²) in [5.74, 6) is 1.01. The van der Waals surface area contributed by atoms with Crippen molar-refractivity contribution in [1.82, 2.24) is 15.5 Å². The van der Waals surface area contributed by atoms with Gasteiger partial charge in [-0.1, -0.05) is 20.8 Å². The Morgan fingerprint density at radius 3 is 2.28 bits per heavy atom. The van der Waals surface area contributed by atoms with Crippen LogP contribution in [0.3, 0.4) is 0 Å². The van der Waals surface area contributed by atoms with Gasteiger partial charge in [-0.05, 0) is 32.0 Å².